The second-order valence-corrected chi connectivity index (χ2v) is 8.74. The van der Waals surface area contributed by atoms with E-state index in [1.165, 1.54) is 33.5 Å². The minimum absolute atomic E-state index is 0.353. The predicted molar refractivity (Wildman–Crippen MR) is 106 cm³/mol. The molecule has 2 aromatic carbocycles. The molecule has 0 aromatic heterocycles. The van der Waals surface area contributed by atoms with Crippen LogP contribution in [0.15, 0.2) is 30.3 Å². The molecule has 0 aliphatic carbocycles. The Morgan fingerprint density at radius 1 is 0.958 bits per heavy atom. The van der Waals surface area contributed by atoms with Crippen LogP contribution in [0, 0.1) is 13.8 Å². The highest BCUT2D eigenvalue weighted by molar-refractivity contribution is 6.54. The molecular weight excluding hydrogens is 308 g/mol. The number of phenols is 1. The molecule has 1 nitrogen and oxygen atoms in total. The number of hydrogen-bond donors (Lipinski definition) is 1. The number of aromatic hydroxyl groups is 1. The first-order valence-corrected chi connectivity index (χ1v) is 10.2. The standard InChI is InChI=1S/C22H30OSi/c1-14(2)19-13-21(23)20(15(3)4)12-18(19)10-11-24-22-9-7-8-16(5)17(22)6/h7-9,12-15,23H,10-11H2,1-6H3. The molecule has 0 atom stereocenters. The number of benzene rings is 2. The third-order valence-electron chi connectivity index (χ3n) is 4.85. The Balaban J connectivity index is 2.19. The van der Waals surface area contributed by atoms with Crippen molar-refractivity contribution in [2.75, 3.05) is 0 Å². The van der Waals surface area contributed by atoms with E-state index in [1.54, 1.807) is 0 Å². The minimum atomic E-state index is 0.353. The molecule has 2 rings (SSSR count). The van der Waals surface area contributed by atoms with Gasteiger partial charge in [-0.15, -0.1) is 0 Å². The van der Waals surface area contributed by atoms with Crippen molar-refractivity contribution < 1.29 is 5.11 Å². The zero-order chi connectivity index (χ0) is 17.9. The maximum absolute atomic E-state index is 10.3. The highest BCUT2D eigenvalue weighted by atomic mass is 28.2. The van der Waals surface area contributed by atoms with Crippen LogP contribution in [0.5, 0.6) is 5.75 Å². The van der Waals surface area contributed by atoms with Gasteiger partial charge in [-0.2, -0.15) is 0 Å². The maximum Gasteiger partial charge on any atom is 0.119 e. The Hall–Kier alpha value is -1.54. The summed E-state index contributed by atoms with van der Waals surface area (Å²) in [6.45, 7) is 13.1. The molecule has 128 valence electrons. The Bertz CT molecular complexity index is 701. The van der Waals surface area contributed by atoms with Crippen molar-refractivity contribution >= 4 is 14.7 Å². The van der Waals surface area contributed by atoms with E-state index in [9.17, 15) is 5.11 Å². The van der Waals surface area contributed by atoms with Crippen molar-refractivity contribution in [3.05, 3.63) is 58.1 Å². The SMILES string of the molecule is Cc1cccc([Si]CCc2cc(C(C)C)c(O)cc2C(C)C)c1C. The summed E-state index contributed by atoms with van der Waals surface area (Å²) in [6.07, 6.45) is 1.08. The molecule has 1 N–H and O–H groups in total. The summed E-state index contributed by atoms with van der Waals surface area (Å²) in [4.78, 5) is 0. The average molecular weight is 339 g/mol. The number of aryl methyl sites for hydroxylation is 2. The van der Waals surface area contributed by atoms with Crippen molar-refractivity contribution in [2.45, 2.75) is 65.8 Å². The Kier molecular flexibility index (Phi) is 6.28. The van der Waals surface area contributed by atoms with Gasteiger partial charge in [0.1, 0.15) is 5.75 Å². The van der Waals surface area contributed by atoms with Gasteiger partial charge >= 0.3 is 0 Å². The smallest absolute Gasteiger partial charge is 0.119 e. The van der Waals surface area contributed by atoms with E-state index in [0.29, 0.717) is 17.6 Å². The molecule has 24 heavy (non-hydrogen) atoms. The molecule has 0 heterocycles. The lowest BCUT2D eigenvalue weighted by Crippen LogP contribution is -2.18. The minimum Gasteiger partial charge on any atom is -0.508 e. The predicted octanol–water partition coefficient (Wildman–Crippen LogP) is 5.25. The van der Waals surface area contributed by atoms with Gasteiger partial charge in [0.15, 0.2) is 0 Å². The molecule has 0 bridgehead atoms. The van der Waals surface area contributed by atoms with Gasteiger partial charge in [0, 0.05) is 0 Å². The lowest BCUT2D eigenvalue weighted by Gasteiger charge is -2.18. The van der Waals surface area contributed by atoms with Crippen LogP contribution < -0.4 is 5.19 Å². The van der Waals surface area contributed by atoms with Gasteiger partial charge in [-0.1, -0.05) is 63.2 Å². The van der Waals surface area contributed by atoms with Crippen LogP contribution in [0.2, 0.25) is 6.04 Å². The van der Waals surface area contributed by atoms with Gasteiger partial charge in [-0.3, -0.25) is 0 Å². The van der Waals surface area contributed by atoms with Crippen LogP contribution in [-0.4, -0.2) is 14.6 Å². The van der Waals surface area contributed by atoms with Gasteiger partial charge in [-0.25, -0.2) is 0 Å². The average Bonchev–Trinajstić information content (AvgIpc) is 2.52. The van der Waals surface area contributed by atoms with Crippen LogP contribution in [0.3, 0.4) is 0 Å². The van der Waals surface area contributed by atoms with E-state index in [1.807, 2.05) is 6.07 Å². The maximum atomic E-state index is 10.3. The van der Waals surface area contributed by atoms with E-state index in [2.05, 4.69) is 65.8 Å². The third-order valence-corrected chi connectivity index (χ3v) is 6.27. The molecule has 2 heteroatoms. The molecule has 0 aliphatic rings. The molecule has 0 saturated heterocycles. The van der Waals surface area contributed by atoms with Crippen LogP contribution in [-0.2, 0) is 6.42 Å². The van der Waals surface area contributed by atoms with Gasteiger partial charge in [0.2, 0.25) is 0 Å². The Morgan fingerprint density at radius 2 is 1.62 bits per heavy atom. The molecule has 0 unspecified atom stereocenters. The van der Waals surface area contributed by atoms with E-state index in [-0.39, 0.29) is 0 Å². The molecule has 0 spiro atoms. The fourth-order valence-electron chi connectivity index (χ4n) is 3.16. The first kappa shape index (κ1) is 18.8. The zero-order valence-electron chi connectivity index (χ0n) is 15.9. The summed E-state index contributed by atoms with van der Waals surface area (Å²) in [5.41, 5.74) is 6.60. The third kappa shape index (κ3) is 4.30. The molecule has 0 saturated carbocycles. The summed E-state index contributed by atoms with van der Waals surface area (Å²) in [5, 5.41) is 11.8. The zero-order valence-corrected chi connectivity index (χ0v) is 16.9. The normalized spacial score (nSPS) is 11.5. The summed E-state index contributed by atoms with van der Waals surface area (Å²) >= 11 is 0. The van der Waals surface area contributed by atoms with Crippen molar-refractivity contribution in [1.29, 1.82) is 0 Å². The fourth-order valence-corrected chi connectivity index (χ4v) is 4.50. The van der Waals surface area contributed by atoms with Gasteiger partial charge in [0.05, 0.1) is 9.52 Å². The second kappa shape index (κ2) is 8.02. The summed E-state index contributed by atoms with van der Waals surface area (Å²) < 4.78 is 0. The highest BCUT2D eigenvalue weighted by Crippen LogP contribution is 2.32. The van der Waals surface area contributed by atoms with Crippen LogP contribution in [0.4, 0.5) is 0 Å². The highest BCUT2D eigenvalue weighted by Gasteiger charge is 2.14. The first-order chi connectivity index (χ1) is 11.3. The molecule has 0 fully saturated rings. The number of phenolic OH excluding ortho intramolecular Hbond substituents is 1. The topological polar surface area (TPSA) is 20.2 Å². The first-order valence-electron chi connectivity index (χ1n) is 8.97. The largest absolute Gasteiger partial charge is 0.508 e. The van der Waals surface area contributed by atoms with Crippen molar-refractivity contribution in [2.24, 2.45) is 0 Å². The monoisotopic (exact) mass is 338 g/mol. The van der Waals surface area contributed by atoms with Gasteiger partial charge in [-0.05, 0) is 66.0 Å². The number of rotatable bonds is 6. The lowest BCUT2D eigenvalue weighted by atomic mass is 9.90. The Labute approximate surface area is 150 Å². The second-order valence-electron chi connectivity index (χ2n) is 7.34. The van der Waals surface area contributed by atoms with Crippen LogP contribution in [0.25, 0.3) is 0 Å². The molecule has 2 aromatic rings. The van der Waals surface area contributed by atoms with E-state index in [4.69, 9.17) is 0 Å². The number of hydrogen-bond acceptors (Lipinski definition) is 1. The fraction of sp³-hybridized carbons (Fsp3) is 0.455. The summed E-state index contributed by atoms with van der Waals surface area (Å²) in [6, 6.07) is 12.0. The molecule has 0 aliphatic heterocycles. The quantitative estimate of drug-likeness (QED) is 0.714. The summed E-state index contributed by atoms with van der Waals surface area (Å²) in [5.74, 6) is 1.25. The van der Waals surface area contributed by atoms with Gasteiger partial charge < -0.3 is 5.11 Å². The molecule has 0 amide bonds. The Morgan fingerprint density at radius 3 is 2.25 bits per heavy atom. The van der Waals surface area contributed by atoms with Crippen molar-refractivity contribution in [3.63, 3.8) is 0 Å². The van der Waals surface area contributed by atoms with Gasteiger partial charge in [0.25, 0.3) is 0 Å². The van der Waals surface area contributed by atoms with Crippen LogP contribution >= 0.6 is 0 Å². The van der Waals surface area contributed by atoms with E-state index in [0.717, 1.165) is 21.5 Å². The van der Waals surface area contributed by atoms with Crippen molar-refractivity contribution in [3.8, 4) is 5.75 Å². The molecular formula is C22H30OSi. The lowest BCUT2D eigenvalue weighted by molar-refractivity contribution is 0.463. The summed E-state index contributed by atoms with van der Waals surface area (Å²) in [7, 11) is 0.841. The van der Waals surface area contributed by atoms with E-state index >= 15 is 0 Å². The molecule has 2 radical (unpaired) electrons. The van der Waals surface area contributed by atoms with Crippen LogP contribution in [0.1, 0.15) is 67.3 Å². The van der Waals surface area contributed by atoms with E-state index < -0.39 is 0 Å². The van der Waals surface area contributed by atoms with Crippen molar-refractivity contribution in [1.82, 2.24) is 0 Å².